The van der Waals surface area contributed by atoms with Crippen LogP contribution in [-0.2, 0) is 16.3 Å². The van der Waals surface area contributed by atoms with E-state index in [1.54, 1.807) is 11.1 Å². The molecule has 1 nitrogen and oxygen atoms in total. The summed E-state index contributed by atoms with van der Waals surface area (Å²) in [4.78, 5) is 0. The summed E-state index contributed by atoms with van der Waals surface area (Å²) in [7, 11) is -1.92. The first-order valence-corrected chi connectivity index (χ1v) is 16.3. The first-order valence-electron chi connectivity index (χ1n) is 14.1. The fourth-order valence-corrected chi connectivity index (χ4v) is 15.7. The Bertz CT molecular complexity index is 850. The third-order valence-electron chi connectivity index (χ3n) is 11.1. The molecule has 0 aromatic heterocycles. The smallest absolute Gasteiger partial charge is 0.201 e. The molecule has 0 amide bonds. The van der Waals surface area contributed by atoms with Crippen LogP contribution >= 0.6 is 0 Å². The molecule has 0 aliphatic heterocycles. The minimum Gasteiger partial charge on any atom is -0.411 e. The summed E-state index contributed by atoms with van der Waals surface area (Å²) in [5, 5.41) is 0. The van der Waals surface area contributed by atoms with Crippen LogP contribution in [0, 0.1) is 24.2 Å². The molecule has 0 heterocycles. The fraction of sp³-hybridized carbons (Fsp3) is 0.806. The maximum Gasteiger partial charge on any atom is 0.201 e. The number of aryl methyl sites for hydroxylation is 2. The van der Waals surface area contributed by atoms with Crippen molar-refractivity contribution >= 4 is 8.32 Å². The van der Waals surface area contributed by atoms with Gasteiger partial charge in [-0.2, -0.15) is 0 Å². The van der Waals surface area contributed by atoms with Gasteiger partial charge in [0.1, 0.15) is 0 Å². The van der Waals surface area contributed by atoms with Crippen LogP contribution in [0.5, 0.6) is 0 Å². The van der Waals surface area contributed by atoms with E-state index >= 15 is 0 Å². The average Bonchev–Trinajstić information content (AvgIpc) is 2.70. The highest BCUT2D eigenvalue weighted by atomic mass is 28.4. The van der Waals surface area contributed by atoms with E-state index in [-0.39, 0.29) is 5.60 Å². The predicted octanol–water partition coefficient (Wildman–Crippen LogP) is 9.37. The molecular formula is C31H52OSi. The van der Waals surface area contributed by atoms with Crippen LogP contribution in [0.1, 0.15) is 118 Å². The molecule has 4 rings (SSSR count). The van der Waals surface area contributed by atoms with Gasteiger partial charge in [0.15, 0.2) is 0 Å². The van der Waals surface area contributed by atoms with Gasteiger partial charge in [-0.15, -0.1) is 0 Å². The van der Waals surface area contributed by atoms with Crippen molar-refractivity contribution in [2.75, 3.05) is 0 Å². The fourth-order valence-electron chi connectivity index (χ4n) is 9.90. The van der Waals surface area contributed by atoms with Crippen molar-refractivity contribution in [3.05, 3.63) is 34.9 Å². The van der Waals surface area contributed by atoms with Crippen molar-refractivity contribution in [2.45, 2.75) is 142 Å². The van der Waals surface area contributed by atoms with E-state index in [4.69, 9.17) is 4.43 Å². The SMILES string of the molecule is Cc1ccc2c(c1)CC[C@@H]1[C@@]3(C)CCC[C@](C)(O[Si](C(C)C)(C(C)C)C(C)C)[C@@H]3CC[C@@]21C. The Morgan fingerprint density at radius 3 is 2.09 bits per heavy atom. The molecule has 1 aromatic carbocycles. The van der Waals surface area contributed by atoms with Crippen LogP contribution in [0.4, 0.5) is 0 Å². The lowest BCUT2D eigenvalue weighted by molar-refractivity contribution is -0.152. The van der Waals surface area contributed by atoms with Gasteiger partial charge in [0.2, 0.25) is 8.32 Å². The number of rotatable bonds is 5. The van der Waals surface area contributed by atoms with Crippen LogP contribution in [0.25, 0.3) is 0 Å². The van der Waals surface area contributed by atoms with E-state index in [0.717, 1.165) is 5.92 Å². The van der Waals surface area contributed by atoms with Crippen molar-refractivity contribution in [3.63, 3.8) is 0 Å². The Labute approximate surface area is 206 Å². The zero-order chi connectivity index (χ0) is 24.4. The number of benzene rings is 1. The molecule has 2 heteroatoms. The van der Waals surface area contributed by atoms with Gasteiger partial charge in [-0.1, -0.05) is 85.6 Å². The highest BCUT2D eigenvalue weighted by Crippen LogP contribution is 2.66. The summed E-state index contributed by atoms with van der Waals surface area (Å²) in [5.41, 5.74) is 7.44. The Balaban J connectivity index is 1.73. The molecule has 0 bridgehead atoms. The van der Waals surface area contributed by atoms with E-state index < -0.39 is 8.32 Å². The molecule has 1 aromatic rings. The Morgan fingerprint density at radius 2 is 1.48 bits per heavy atom. The maximum atomic E-state index is 7.72. The first kappa shape index (κ1) is 25.5. The van der Waals surface area contributed by atoms with Gasteiger partial charge in [-0.3, -0.25) is 0 Å². The second kappa shape index (κ2) is 8.51. The van der Waals surface area contributed by atoms with Crippen LogP contribution in [0.2, 0.25) is 16.6 Å². The topological polar surface area (TPSA) is 9.23 Å². The van der Waals surface area contributed by atoms with E-state index in [2.05, 4.69) is 87.4 Å². The molecule has 186 valence electrons. The molecule has 5 atom stereocenters. The zero-order valence-electron chi connectivity index (χ0n) is 23.5. The summed E-state index contributed by atoms with van der Waals surface area (Å²) < 4.78 is 7.72. The summed E-state index contributed by atoms with van der Waals surface area (Å²) in [6.45, 7) is 24.8. The molecule has 0 spiro atoms. The summed E-state index contributed by atoms with van der Waals surface area (Å²) in [6.07, 6.45) is 9.25. The zero-order valence-corrected chi connectivity index (χ0v) is 24.5. The summed E-state index contributed by atoms with van der Waals surface area (Å²) in [6, 6.07) is 7.34. The monoisotopic (exact) mass is 468 g/mol. The third kappa shape index (κ3) is 3.72. The molecule has 33 heavy (non-hydrogen) atoms. The van der Waals surface area contributed by atoms with E-state index in [9.17, 15) is 0 Å². The van der Waals surface area contributed by atoms with Crippen LogP contribution in [-0.4, -0.2) is 13.9 Å². The molecular weight excluding hydrogens is 416 g/mol. The van der Waals surface area contributed by atoms with Gasteiger partial charge in [-0.05, 0) is 103 Å². The summed E-state index contributed by atoms with van der Waals surface area (Å²) >= 11 is 0. The molecule has 0 unspecified atom stereocenters. The van der Waals surface area contributed by atoms with E-state index in [1.165, 1.54) is 50.5 Å². The predicted molar refractivity (Wildman–Crippen MR) is 146 cm³/mol. The van der Waals surface area contributed by atoms with Crippen LogP contribution < -0.4 is 0 Å². The lowest BCUT2D eigenvalue weighted by Gasteiger charge is -2.66. The normalized spacial score (nSPS) is 36.6. The highest BCUT2D eigenvalue weighted by Gasteiger charge is 2.63. The Hall–Kier alpha value is -0.603. The van der Waals surface area contributed by atoms with E-state index in [0.29, 0.717) is 33.4 Å². The lowest BCUT2D eigenvalue weighted by Crippen LogP contribution is -2.64. The van der Waals surface area contributed by atoms with Gasteiger partial charge < -0.3 is 4.43 Å². The lowest BCUT2D eigenvalue weighted by atomic mass is 9.42. The van der Waals surface area contributed by atoms with Gasteiger partial charge in [0, 0.05) is 0 Å². The molecule has 2 saturated carbocycles. The second-order valence-corrected chi connectivity index (χ2v) is 19.2. The van der Waals surface area contributed by atoms with Crippen LogP contribution in [0.15, 0.2) is 18.2 Å². The minimum absolute atomic E-state index is 0.0346. The van der Waals surface area contributed by atoms with Gasteiger partial charge >= 0.3 is 0 Å². The Kier molecular flexibility index (Phi) is 6.57. The third-order valence-corrected chi connectivity index (χ3v) is 17.4. The van der Waals surface area contributed by atoms with Crippen molar-refractivity contribution in [1.29, 1.82) is 0 Å². The largest absolute Gasteiger partial charge is 0.411 e. The minimum atomic E-state index is -1.92. The van der Waals surface area contributed by atoms with Crippen molar-refractivity contribution in [1.82, 2.24) is 0 Å². The van der Waals surface area contributed by atoms with E-state index in [1.807, 2.05) is 0 Å². The van der Waals surface area contributed by atoms with Crippen LogP contribution in [0.3, 0.4) is 0 Å². The van der Waals surface area contributed by atoms with Crippen molar-refractivity contribution < 1.29 is 4.43 Å². The molecule has 0 N–H and O–H groups in total. The number of hydrogen-bond acceptors (Lipinski definition) is 1. The molecule has 2 fully saturated rings. The molecule has 0 radical (unpaired) electrons. The molecule has 0 saturated heterocycles. The summed E-state index contributed by atoms with van der Waals surface area (Å²) in [5.74, 6) is 1.46. The Morgan fingerprint density at radius 1 is 0.848 bits per heavy atom. The second-order valence-electron chi connectivity index (χ2n) is 13.9. The number of fused-ring (bicyclic) bond motifs is 5. The highest BCUT2D eigenvalue weighted by molar-refractivity contribution is 6.77. The van der Waals surface area contributed by atoms with Gasteiger partial charge in [0.25, 0.3) is 0 Å². The van der Waals surface area contributed by atoms with Crippen molar-refractivity contribution in [3.8, 4) is 0 Å². The van der Waals surface area contributed by atoms with Gasteiger partial charge in [-0.25, -0.2) is 0 Å². The molecule has 3 aliphatic carbocycles. The van der Waals surface area contributed by atoms with Gasteiger partial charge in [0.05, 0.1) is 5.60 Å². The standard InChI is InChI=1S/C31H52OSi/c1-21(2)33(22(3)4,23(5)6)32-31(10)18-11-17-30(9)27-15-13-25-20-24(7)12-14-26(25)29(27,8)19-16-28(30)31/h12,14,20-23,27-28H,11,13,15-19H2,1-10H3/t27-,28+,29-,30+,31-/m0/s1. The first-order chi connectivity index (χ1) is 15.3. The quantitative estimate of drug-likeness (QED) is 0.391. The average molecular weight is 469 g/mol. The van der Waals surface area contributed by atoms with Crippen molar-refractivity contribution in [2.24, 2.45) is 17.3 Å². The molecule has 3 aliphatic rings. The maximum absolute atomic E-state index is 7.72. The number of hydrogen-bond donors (Lipinski definition) is 0.